The summed E-state index contributed by atoms with van der Waals surface area (Å²) in [6, 6.07) is 14.4. The summed E-state index contributed by atoms with van der Waals surface area (Å²) in [5, 5.41) is 3.43. The van der Waals surface area contributed by atoms with Gasteiger partial charge in [0.1, 0.15) is 12.1 Å². The minimum Gasteiger partial charge on any atom is -0.376 e. The Balaban J connectivity index is 0.00000289. The first-order valence-electron chi connectivity index (χ1n) is 10.9. The molecule has 170 valence electrons. The van der Waals surface area contributed by atoms with Crippen LogP contribution in [0.1, 0.15) is 24.5 Å². The Bertz CT molecular complexity index is 946. The number of nitrogens with one attached hydrogen (secondary N) is 1. The van der Waals surface area contributed by atoms with E-state index in [9.17, 15) is 0 Å². The molecule has 0 amide bonds. The van der Waals surface area contributed by atoms with Crippen molar-refractivity contribution < 1.29 is 4.74 Å². The van der Waals surface area contributed by atoms with Crippen LogP contribution in [0.15, 0.2) is 72.4 Å². The molecule has 8 heteroatoms. The van der Waals surface area contributed by atoms with Crippen LogP contribution in [-0.2, 0) is 17.9 Å². The number of benzene rings is 1. The number of hydrogen-bond donors (Lipinski definition) is 1. The van der Waals surface area contributed by atoms with Crippen molar-refractivity contribution in [2.45, 2.75) is 26.5 Å². The maximum atomic E-state index is 5.96. The number of likely N-dealkylation sites (tertiary alicyclic amines) is 1. The molecular weight excluding hydrogens is 515 g/mol. The predicted molar refractivity (Wildman–Crippen MR) is 137 cm³/mol. The number of rotatable bonds is 8. The summed E-state index contributed by atoms with van der Waals surface area (Å²) in [7, 11) is 0. The van der Waals surface area contributed by atoms with Crippen LogP contribution < -0.4 is 5.32 Å². The highest BCUT2D eigenvalue weighted by Crippen LogP contribution is 2.18. The zero-order valence-electron chi connectivity index (χ0n) is 18.4. The molecule has 3 heterocycles. The van der Waals surface area contributed by atoms with Gasteiger partial charge in [-0.05, 0) is 30.5 Å². The molecule has 32 heavy (non-hydrogen) atoms. The second-order valence-electron chi connectivity index (χ2n) is 7.77. The molecule has 7 nitrogen and oxygen atoms in total. The van der Waals surface area contributed by atoms with E-state index in [1.165, 1.54) is 5.56 Å². The zero-order valence-corrected chi connectivity index (χ0v) is 20.8. The maximum absolute atomic E-state index is 5.96. The Morgan fingerprint density at radius 2 is 2.06 bits per heavy atom. The van der Waals surface area contributed by atoms with E-state index in [1.54, 1.807) is 12.5 Å². The standard InChI is InChI=1S/C24H30N6O.HI/c1-2-26-24(28-15-21-8-9-23(27-14-21)30-13-11-25-19-30)29-12-10-22(16-29)18-31-17-20-6-4-3-5-7-20;/h3-9,11,13-14,19,22H,2,10,12,15-18H2,1H3,(H,26,28);1H. The fourth-order valence-corrected chi connectivity index (χ4v) is 3.73. The monoisotopic (exact) mass is 546 g/mol. The number of halogens is 1. The van der Waals surface area contributed by atoms with Crippen molar-refractivity contribution in [2.75, 3.05) is 26.2 Å². The van der Waals surface area contributed by atoms with E-state index in [2.05, 4.69) is 57.4 Å². The van der Waals surface area contributed by atoms with Crippen LogP contribution in [0, 0.1) is 5.92 Å². The summed E-state index contributed by atoms with van der Waals surface area (Å²) in [6.45, 7) is 6.99. The van der Waals surface area contributed by atoms with Gasteiger partial charge >= 0.3 is 0 Å². The predicted octanol–water partition coefficient (Wildman–Crippen LogP) is 3.89. The number of ether oxygens (including phenoxy) is 1. The number of aromatic nitrogens is 3. The van der Waals surface area contributed by atoms with Crippen LogP contribution in [0.2, 0.25) is 0 Å². The molecule has 4 rings (SSSR count). The topological polar surface area (TPSA) is 67.6 Å². The SMILES string of the molecule is CCNC(=NCc1ccc(-n2ccnc2)nc1)N1CCC(COCc2ccccc2)C1.I. The lowest BCUT2D eigenvalue weighted by atomic mass is 10.1. The molecule has 0 spiro atoms. The van der Waals surface area contributed by atoms with Crippen LogP contribution in [-0.4, -0.2) is 51.6 Å². The third-order valence-corrected chi connectivity index (χ3v) is 5.37. The Labute approximate surface area is 207 Å². The third-order valence-electron chi connectivity index (χ3n) is 5.37. The number of hydrogen-bond acceptors (Lipinski definition) is 4. The van der Waals surface area contributed by atoms with E-state index in [-0.39, 0.29) is 24.0 Å². The molecule has 0 radical (unpaired) electrons. The largest absolute Gasteiger partial charge is 0.376 e. The molecule has 1 aliphatic rings. The number of aliphatic imine (C=N–C) groups is 1. The Kier molecular flexibility index (Phi) is 9.48. The van der Waals surface area contributed by atoms with Crippen LogP contribution in [0.25, 0.3) is 5.82 Å². The zero-order chi connectivity index (χ0) is 21.3. The molecule has 1 aromatic carbocycles. The fraction of sp³-hybridized carbons (Fsp3) is 0.375. The molecule has 0 aliphatic carbocycles. The van der Waals surface area contributed by atoms with Crippen molar-refractivity contribution in [2.24, 2.45) is 10.9 Å². The number of guanidine groups is 1. The van der Waals surface area contributed by atoms with Gasteiger partial charge in [-0.2, -0.15) is 0 Å². The Hall–Kier alpha value is -2.46. The molecule has 2 aromatic heterocycles. The smallest absolute Gasteiger partial charge is 0.194 e. The molecule has 1 unspecified atom stereocenters. The Morgan fingerprint density at radius 3 is 2.78 bits per heavy atom. The van der Waals surface area contributed by atoms with Crippen molar-refractivity contribution >= 4 is 29.9 Å². The minimum absolute atomic E-state index is 0. The second kappa shape index (κ2) is 12.5. The van der Waals surface area contributed by atoms with Gasteiger partial charge in [0.15, 0.2) is 5.96 Å². The highest BCUT2D eigenvalue weighted by molar-refractivity contribution is 14.0. The van der Waals surface area contributed by atoms with Gasteiger partial charge in [0.05, 0.1) is 19.8 Å². The first-order valence-corrected chi connectivity index (χ1v) is 10.9. The maximum Gasteiger partial charge on any atom is 0.194 e. The molecule has 3 aromatic rings. The van der Waals surface area contributed by atoms with Crippen molar-refractivity contribution in [1.82, 2.24) is 24.8 Å². The summed E-state index contributed by atoms with van der Waals surface area (Å²) >= 11 is 0. The molecule has 0 bridgehead atoms. The third kappa shape index (κ3) is 6.77. The van der Waals surface area contributed by atoms with Gasteiger partial charge < -0.3 is 15.0 Å². The fourth-order valence-electron chi connectivity index (χ4n) is 3.73. The van der Waals surface area contributed by atoms with Crippen LogP contribution in [0.4, 0.5) is 0 Å². The first kappa shape index (κ1) is 24.2. The normalized spacial score (nSPS) is 16.1. The van der Waals surface area contributed by atoms with Crippen molar-refractivity contribution in [3.8, 4) is 5.82 Å². The van der Waals surface area contributed by atoms with Crippen molar-refractivity contribution in [1.29, 1.82) is 0 Å². The summed E-state index contributed by atoms with van der Waals surface area (Å²) < 4.78 is 7.85. The molecule has 1 fully saturated rings. The number of nitrogens with zero attached hydrogens (tertiary/aromatic N) is 5. The summed E-state index contributed by atoms with van der Waals surface area (Å²) in [4.78, 5) is 15.8. The molecular formula is C24H31IN6O. The average Bonchev–Trinajstić information content (AvgIpc) is 3.50. The van der Waals surface area contributed by atoms with E-state index in [4.69, 9.17) is 9.73 Å². The van der Waals surface area contributed by atoms with Gasteiger partial charge in [-0.1, -0.05) is 36.4 Å². The van der Waals surface area contributed by atoms with E-state index < -0.39 is 0 Å². The summed E-state index contributed by atoms with van der Waals surface area (Å²) in [6.07, 6.45) is 8.39. The van der Waals surface area contributed by atoms with E-state index in [0.29, 0.717) is 19.1 Å². The highest BCUT2D eigenvalue weighted by atomic mass is 127. The van der Waals surface area contributed by atoms with Crippen LogP contribution in [0.5, 0.6) is 0 Å². The van der Waals surface area contributed by atoms with Crippen molar-refractivity contribution in [3.63, 3.8) is 0 Å². The quantitative estimate of drug-likeness (QED) is 0.264. The first-order chi connectivity index (χ1) is 15.3. The van der Waals surface area contributed by atoms with Gasteiger partial charge in [0.2, 0.25) is 0 Å². The van der Waals surface area contributed by atoms with Crippen LogP contribution in [0.3, 0.4) is 0 Å². The molecule has 1 saturated heterocycles. The van der Waals surface area contributed by atoms with Crippen LogP contribution >= 0.6 is 24.0 Å². The lowest BCUT2D eigenvalue weighted by molar-refractivity contribution is 0.0906. The van der Waals surface area contributed by atoms with E-state index in [0.717, 1.165) is 50.0 Å². The average molecular weight is 546 g/mol. The van der Waals surface area contributed by atoms with E-state index in [1.807, 2.05) is 29.1 Å². The van der Waals surface area contributed by atoms with Gasteiger partial charge in [0.25, 0.3) is 0 Å². The number of imidazole rings is 1. The lowest BCUT2D eigenvalue weighted by Gasteiger charge is -2.21. The number of pyridine rings is 1. The van der Waals surface area contributed by atoms with E-state index >= 15 is 0 Å². The highest BCUT2D eigenvalue weighted by Gasteiger charge is 2.25. The van der Waals surface area contributed by atoms with Gasteiger partial charge in [-0.3, -0.25) is 4.57 Å². The molecule has 0 saturated carbocycles. The van der Waals surface area contributed by atoms with Gasteiger partial charge in [-0.25, -0.2) is 15.0 Å². The van der Waals surface area contributed by atoms with Gasteiger partial charge in [-0.15, -0.1) is 24.0 Å². The summed E-state index contributed by atoms with van der Waals surface area (Å²) in [5.74, 6) is 2.35. The molecule has 1 N–H and O–H groups in total. The minimum atomic E-state index is 0. The molecule has 1 aliphatic heterocycles. The second-order valence-corrected chi connectivity index (χ2v) is 7.77. The lowest BCUT2D eigenvalue weighted by Crippen LogP contribution is -2.40. The van der Waals surface area contributed by atoms with Gasteiger partial charge in [0, 0.05) is 44.1 Å². The Morgan fingerprint density at radius 1 is 1.19 bits per heavy atom. The molecule has 1 atom stereocenters. The van der Waals surface area contributed by atoms with Crippen molar-refractivity contribution in [3.05, 3.63) is 78.5 Å². The summed E-state index contributed by atoms with van der Waals surface area (Å²) in [5.41, 5.74) is 2.31.